The van der Waals surface area contributed by atoms with E-state index in [0.717, 1.165) is 29.8 Å². The summed E-state index contributed by atoms with van der Waals surface area (Å²) in [5.74, 6) is 0.0853. The molecule has 0 bridgehead atoms. The highest BCUT2D eigenvalue weighted by Crippen LogP contribution is 2.32. The van der Waals surface area contributed by atoms with E-state index in [1.807, 2.05) is 42.5 Å². The fourth-order valence-corrected chi connectivity index (χ4v) is 4.04. The van der Waals surface area contributed by atoms with Crippen LogP contribution in [-0.2, 0) is 16.1 Å². The van der Waals surface area contributed by atoms with Gasteiger partial charge in [-0.05, 0) is 23.8 Å². The number of hydrogen-bond acceptors (Lipinski definition) is 5. The molecule has 2 aromatic carbocycles. The molecule has 0 spiro atoms. The third-order valence-electron chi connectivity index (χ3n) is 5.21. The van der Waals surface area contributed by atoms with Gasteiger partial charge in [-0.25, -0.2) is 4.79 Å². The topological polar surface area (TPSA) is 85.1 Å². The van der Waals surface area contributed by atoms with Crippen LogP contribution in [0.25, 0.3) is 11.1 Å². The summed E-state index contributed by atoms with van der Waals surface area (Å²) in [6.07, 6.45) is -0.235. The maximum absolute atomic E-state index is 11.7. The number of ether oxygens (including phenoxy) is 2. The number of hydrogen-bond donors (Lipinski definition) is 1. The van der Waals surface area contributed by atoms with Gasteiger partial charge in [0.25, 0.3) is 5.91 Å². The molecular weight excluding hydrogens is 394 g/mol. The van der Waals surface area contributed by atoms with Gasteiger partial charge < -0.3 is 15.2 Å². The zero-order valence-corrected chi connectivity index (χ0v) is 16.6. The van der Waals surface area contributed by atoms with Crippen LogP contribution in [0.15, 0.2) is 42.5 Å². The normalized spacial score (nSPS) is 19.0. The second-order valence-electron chi connectivity index (χ2n) is 7.22. The van der Waals surface area contributed by atoms with Crippen molar-refractivity contribution in [3.8, 4) is 16.9 Å². The second kappa shape index (κ2) is 8.31. The van der Waals surface area contributed by atoms with Crippen LogP contribution >= 0.6 is 11.6 Å². The van der Waals surface area contributed by atoms with Crippen LogP contribution < -0.4 is 10.5 Å². The van der Waals surface area contributed by atoms with Crippen molar-refractivity contribution in [2.24, 2.45) is 5.73 Å². The summed E-state index contributed by atoms with van der Waals surface area (Å²) in [7, 11) is 0. The van der Waals surface area contributed by atoms with E-state index in [9.17, 15) is 9.59 Å². The molecule has 7 nitrogen and oxygen atoms in total. The van der Waals surface area contributed by atoms with Gasteiger partial charge in [0, 0.05) is 42.3 Å². The largest absolute Gasteiger partial charge is 0.483 e. The van der Waals surface area contributed by atoms with E-state index < -0.39 is 5.91 Å². The van der Waals surface area contributed by atoms with Crippen molar-refractivity contribution in [3.63, 3.8) is 0 Å². The first kappa shape index (κ1) is 19.5. The molecule has 1 unspecified atom stereocenters. The molecule has 2 saturated heterocycles. The maximum atomic E-state index is 11.7. The molecular formula is C21H22ClN3O4. The SMILES string of the molecule is NC(=O)COc1ccc(-c2ccccc2Cl)cc1CN1CCN2C(=O)OCC2C1. The molecule has 2 N–H and O–H groups in total. The van der Waals surface area contributed by atoms with E-state index in [1.165, 1.54) is 0 Å². The number of amides is 2. The van der Waals surface area contributed by atoms with Crippen LogP contribution in [-0.4, -0.2) is 60.7 Å². The third-order valence-corrected chi connectivity index (χ3v) is 5.54. The fraction of sp³-hybridized carbons (Fsp3) is 0.333. The third kappa shape index (κ3) is 4.31. The lowest BCUT2D eigenvalue weighted by Gasteiger charge is -2.35. The Morgan fingerprint density at radius 3 is 2.86 bits per heavy atom. The molecule has 29 heavy (non-hydrogen) atoms. The Bertz CT molecular complexity index is 936. The molecule has 152 valence electrons. The number of benzene rings is 2. The van der Waals surface area contributed by atoms with Gasteiger partial charge >= 0.3 is 6.09 Å². The van der Waals surface area contributed by atoms with E-state index >= 15 is 0 Å². The minimum atomic E-state index is -0.527. The molecule has 0 radical (unpaired) electrons. The predicted octanol–water partition coefficient (Wildman–Crippen LogP) is 2.51. The Morgan fingerprint density at radius 2 is 2.07 bits per heavy atom. The number of primary amides is 1. The van der Waals surface area contributed by atoms with Crippen molar-refractivity contribution in [1.29, 1.82) is 0 Å². The van der Waals surface area contributed by atoms with E-state index in [-0.39, 0.29) is 18.7 Å². The van der Waals surface area contributed by atoms with E-state index in [2.05, 4.69) is 4.90 Å². The molecule has 2 aliphatic heterocycles. The molecule has 2 fully saturated rings. The van der Waals surface area contributed by atoms with E-state index in [4.69, 9.17) is 26.8 Å². The van der Waals surface area contributed by atoms with Crippen molar-refractivity contribution < 1.29 is 19.1 Å². The number of halogens is 1. The monoisotopic (exact) mass is 415 g/mol. The Morgan fingerprint density at radius 1 is 1.24 bits per heavy atom. The highest BCUT2D eigenvalue weighted by Gasteiger charge is 2.37. The van der Waals surface area contributed by atoms with Gasteiger partial charge in [0.1, 0.15) is 12.4 Å². The summed E-state index contributed by atoms with van der Waals surface area (Å²) in [6, 6.07) is 13.5. The first-order valence-electron chi connectivity index (χ1n) is 9.46. The van der Waals surface area contributed by atoms with Crippen LogP contribution in [0, 0.1) is 0 Å². The summed E-state index contributed by atoms with van der Waals surface area (Å²) in [5, 5.41) is 0.666. The zero-order chi connectivity index (χ0) is 20.4. The van der Waals surface area contributed by atoms with Gasteiger partial charge in [0.05, 0.1) is 6.04 Å². The number of cyclic esters (lactones) is 1. The first-order valence-corrected chi connectivity index (χ1v) is 9.84. The molecule has 0 aliphatic carbocycles. The predicted molar refractivity (Wildman–Crippen MR) is 109 cm³/mol. The lowest BCUT2D eigenvalue weighted by atomic mass is 10.0. The molecule has 1 atom stereocenters. The van der Waals surface area contributed by atoms with Gasteiger partial charge in [0.15, 0.2) is 6.61 Å². The minimum Gasteiger partial charge on any atom is -0.483 e. The van der Waals surface area contributed by atoms with Crippen LogP contribution in [0.1, 0.15) is 5.56 Å². The highest BCUT2D eigenvalue weighted by molar-refractivity contribution is 6.33. The maximum Gasteiger partial charge on any atom is 0.410 e. The molecule has 4 rings (SSSR count). The lowest BCUT2D eigenvalue weighted by Crippen LogP contribution is -2.51. The zero-order valence-electron chi connectivity index (χ0n) is 15.8. The Balaban J connectivity index is 1.58. The van der Waals surface area contributed by atoms with Crippen LogP contribution in [0.4, 0.5) is 4.79 Å². The summed E-state index contributed by atoms with van der Waals surface area (Å²) in [5.41, 5.74) is 8.07. The fourth-order valence-electron chi connectivity index (χ4n) is 3.79. The van der Waals surface area contributed by atoms with Gasteiger partial charge in [0.2, 0.25) is 0 Å². The van der Waals surface area contributed by atoms with Crippen LogP contribution in [0.3, 0.4) is 0 Å². The Labute approximate surface area is 173 Å². The summed E-state index contributed by atoms with van der Waals surface area (Å²) in [4.78, 5) is 26.9. The second-order valence-corrected chi connectivity index (χ2v) is 7.62. The smallest absolute Gasteiger partial charge is 0.410 e. The number of carbonyl (C=O) groups is 2. The molecule has 8 heteroatoms. The number of nitrogens with two attached hydrogens (primary N) is 1. The van der Waals surface area contributed by atoms with E-state index in [0.29, 0.717) is 30.5 Å². The van der Waals surface area contributed by atoms with Crippen molar-refractivity contribution in [3.05, 3.63) is 53.1 Å². The van der Waals surface area contributed by atoms with E-state index in [1.54, 1.807) is 4.90 Å². The summed E-state index contributed by atoms with van der Waals surface area (Å²) in [6.45, 7) is 2.93. The highest BCUT2D eigenvalue weighted by atomic mass is 35.5. The molecule has 2 aromatic rings. The first-order chi connectivity index (χ1) is 14.0. The van der Waals surface area contributed by atoms with Gasteiger partial charge in [-0.2, -0.15) is 0 Å². The van der Waals surface area contributed by atoms with Crippen molar-refractivity contribution >= 4 is 23.6 Å². The Kier molecular flexibility index (Phi) is 5.60. The quantitative estimate of drug-likeness (QED) is 0.783. The molecule has 0 aromatic heterocycles. The van der Waals surface area contributed by atoms with Crippen molar-refractivity contribution in [2.45, 2.75) is 12.6 Å². The minimum absolute atomic E-state index is 0.0676. The number of carbonyl (C=O) groups excluding carboxylic acids is 2. The van der Waals surface area contributed by atoms with Crippen LogP contribution in [0.2, 0.25) is 5.02 Å². The number of rotatable bonds is 6. The number of fused-ring (bicyclic) bond motifs is 1. The summed E-state index contributed by atoms with van der Waals surface area (Å²) < 4.78 is 10.8. The average molecular weight is 416 g/mol. The van der Waals surface area contributed by atoms with Crippen molar-refractivity contribution in [2.75, 3.05) is 32.8 Å². The molecule has 2 amide bonds. The standard InChI is InChI=1S/C21H22ClN3O4/c22-18-4-2-1-3-17(18)14-5-6-19(28-13-20(23)26)15(9-14)10-24-7-8-25-16(11-24)12-29-21(25)27/h1-6,9,16H,7-8,10-13H2,(H2,23,26). The molecule has 2 aliphatic rings. The summed E-state index contributed by atoms with van der Waals surface area (Å²) >= 11 is 6.37. The number of nitrogens with zero attached hydrogens (tertiary/aromatic N) is 2. The molecule has 0 saturated carbocycles. The van der Waals surface area contributed by atoms with Gasteiger partial charge in [-0.15, -0.1) is 0 Å². The van der Waals surface area contributed by atoms with Gasteiger partial charge in [-0.1, -0.05) is 35.9 Å². The van der Waals surface area contributed by atoms with Gasteiger partial charge in [-0.3, -0.25) is 14.6 Å². The number of piperazine rings is 1. The lowest BCUT2D eigenvalue weighted by molar-refractivity contribution is -0.119. The average Bonchev–Trinajstić information content (AvgIpc) is 3.07. The van der Waals surface area contributed by atoms with Crippen molar-refractivity contribution in [1.82, 2.24) is 9.80 Å². The molecule has 2 heterocycles. The Hall–Kier alpha value is -2.77. The van der Waals surface area contributed by atoms with Crippen LogP contribution in [0.5, 0.6) is 5.75 Å².